The zero-order valence-corrected chi connectivity index (χ0v) is 29.5. The second kappa shape index (κ2) is 19.5. The second-order valence-electron chi connectivity index (χ2n) is 11.3. The average Bonchev–Trinajstić information content (AvgIpc) is 3.00. The lowest BCUT2D eigenvalue weighted by Crippen LogP contribution is -2.45. The molecule has 252 valence electrons. The summed E-state index contributed by atoms with van der Waals surface area (Å²) in [5.74, 6) is 5.52. The van der Waals surface area contributed by atoms with E-state index in [0.717, 1.165) is 11.1 Å². The minimum absolute atomic E-state index is 0.119. The summed E-state index contributed by atoms with van der Waals surface area (Å²) in [6.07, 6.45) is 5.87. The molecule has 0 bridgehead atoms. The average molecular weight is 627 g/mol. The molecule has 2 rings (SSSR count). The van der Waals surface area contributed by atoms with E-state index in [2.05, 4.69) is 17.2 Å². The van der Waals surface area contributed by atoms with Gasteiger partial charge in [0.1, 0.15) is 0 Å². The van der Waals surface area contributed by atoms with Crippen LogP contribution < -0.4 is 22.2 Å². The number of hydrazine groups is 1. The monoisotopic (exact) mass is 626 g/mol. The maximum Gasteiger partial charge on any atom is 0.246 e. The number of allylic oxidation sites excluding steroid dienone is 3. The largest absolute Gasteiger partial charge is 0.396 e. The van der Waals surface area contributed by atoms with Crippen molar-refractivity contribution in [1.82, 2.24) is 20.5 Å². The molecule has 0 atom stereocenters. The van der Waals surface area contributed by atoms with Crippen LogP contribution in [0.4, 0.5) is 0 Å². The van der Waals surface area contributed by atoms with E-state index in [0.29, 0.717) is 29.1 Å². The first kappa shape index (κ1) is 41.1. The summed E-state index contributed by atoms with van der Waals surface area (Å²) in [6.45, 7) is 21.4. The normalized spacial score (nSPS) is 16.6. The van der Waals surface area contributed by atoms with Crippen molar-refractivity contribution >= 4 is 23.4 Å². The van der Waals surface area contributed by atoms with E-state index >= 15 is 0 Å². The fourth-order valence-corrected chi connectivity index (χ4v) is 4.57. The van der Waals surface area contributed by atoms with Crippen LogP contribution in [0.25, 0.3) is 5.70 Å². The van der Waals surface area contributed by atoms with Gasteiger partial charge >= 0.3 is 0 Å². The van der Waals surface area contributed by atoms with E-state index in [1.807, 2.05) is 84.9 Å². The van der Waals surface area contributed by atoms with Gasteiger partial charge in [-0.05, 0) is 38.8 Å². The Morgan fingerprint density at radius 1 is 1.11 bits per heavy atom. The summed E-state index contributed by atoms with van der Waals surface area (Å²) in [7, 11) is 3.26. The first-order valence-corrected chi connectivity index (χ1v) is 15.7. The van der Waals surface area contributed by atoms with E-state index < -0.39 is 11.0 Å². The molecule has 0 aliphatic carbocycles. The van der Waals surface area contributed by atoms with Crippen molar-refractivity contribution in [1.29, 1.82) is 0 Å². The molecule has 10 nitrogen and oxygen atoms in total. The highest BCUT2D eigenvalue weighted by molar-refractivity contribution is 5.89. The molecule has 45 heavy (non-hydrogen) atoms. The van der Waals surface area contributed by atoms with Crippen LogP contribution in [0.3, 0.4) is 0 Å². The Labute approximate surface area is 271 Å². The molecule has 0 radical (unpaired) electrons. The summed E-state index contributed by atoms with van der Waals surface area (Å²) < 4.78 is 5.90. The van der Waals surface area contributed by atoms with Crippen molar-refractivity contribution in [2.45, 2.75) is 87.3 Å². The van der Waals surface area contributed by atoms with E-state index in [4.69, 9.17) is 16.3 Å². The lowest BCUT2D eigenvalue weighted by Gasteiger charge is -2.33. The van der Waals surface area contributed by atoms with Gasteiger partial charge in [0, 0.05) is 37.3 Å². The molecule has 0 saturated heterocycles. The molecule has 1 aromatic rings. The second-order valence-corrected chi connectivity index (χ2v) is 11.3. The number of ether oxygens (including phenoxy) is 1. The predicted molar refractivity (Wildman–Crippen MR) is 185 cm³/mol. The van der Waals surface area contributed by atoms with Crippen LogP contribution in [0, 0.1) is 5.41 Å². The predicted octanol–water partition coefficient (Wildman–Crippen LogP) is 4.99. The van der Waals surface area contributed by atoms with Gasteiger partial charge in [-0.25, -0.2) is 5.84 Å². The fraction of sp³-hybridized carbons (Fsp3) is 0.514. The Morgan fingerprint density at radius 2 is 1.71 bits per heavy atom. The summed E-state index contributed by atoms with van der Waals surface area (Å²) >= 11 is 0. The molecule has 3 amide bonds. The topological polar surface area (TPSA) is 143 Å². The Kier molecular flexibility index (Phi) is 17.8. The number of nitrogens with one attached hydrogen (secondary N) is 2. The zero-order chi connectivity index (χ0) is 35.0. The molecule has 6 N–H and O–H groups in total. The van der Waals surface area contributed by atoms with E-state index in [9.17, 15) is 14.4 Å². The maximum absolute atomic E-state index is 13.7. The fourth-order valence-electron chi connectivity index (χ4n) is 4.57. The first-order valence-electron chi connectivity index (χ1n) is 15.7. The Balaban J connectivity index is 0.00000464. The number of amides is 3. The Bertz CT molecular complexity index is 1240. The highest BCUT2D eigenvalue weighted by atomic mass is 16.5. The lowest BCUT2D eigenvalue weighted by molar-refractivity contribution is -0.136. The minimum atomic E-state index is -0.812. The number of benzene rings is 1. The molecule has 0 spiro atoms. The van der Waals surface area contributed by atoms with Crippen LogP contribution >= 0.6 is 0 Å². The number of fused-ring (bicyclic) bond motifs is 1. The molecule has 0 saturated carbocycles. The molecule has 1 aliphatic heterocycles. The van der Waals surface area contributed by atoms with Gasteiger partial charge in [-0.1, -0.05) is 84.5 Å². The van der Waals surface area contributed by atoms with Crippen molar-refractivity contribution < 1.29 is 19.1 Å². The highest BCUT2D eigenvalue weighted by Crippen LogP contribution is 2.32. The van der Waals surface area contributed by atoms with Crippen LogP contribution in [-0.2, 0) is 25.7 Å². The third kappa shape index (κ3) is 11.9. The third-order valence-electron chi connectivity index (χ3n) is 7.00. The molecule has 1 aliphatic rings. The minimum Gasteiger partial charge on any atom is -0.396 e. The third-order valence-corrected chi connectivity index (χ3v) is 7.00. The van der Waals surface area contributed by atoms with Crippen molar-refractivity contribution in [3.63, 3.8) is 0 Å². The van der Waals surface area contributed by atoms with Crippen LogP contribution in [0.15, 0.2) is 66.0 Å². The van der Waals surface area contributed by atoms with E-state index in [-0.39, 0.29) is 43.8 Å². The first-order chi connectivity index (χ1) is 21.2. The van der Waals surface area contributed by atoms with Gasteiger partial charge in [-0.15, -0.1) is 0 Å². The van der Waals surface area contributed by atoms with Crippen molar-refractivity contribution in [3.05, 3.63) is 77.2 Å². The lowest BCUT2D eigenvalue weighted by atomic mass is 9.88. The van der Waals surface area contributed by atoms with Gasteiger partial charge in [-0.3, -0.25) is 14.4 Å². The molecule has 1 aromatic carbocycles. The number of carbonyl (C=O) groups is 3. The highest BCUT2D eigenvalue weighted by Gasteiger charge is 2.32. The summed E-state index contributed by atoms with van der Waals surface area (Å²) in [5.41, 5.74) is 8.90. The van der Waals surface area contributed by atoms with Crippen LogP contribution in [-0.4, -0.2) is 60.5 Å². The number of nitrogens with two attached hydrogens (primary N) is 2. The van der Waals surface area contributed by atoms with Gasteiger partial charge in [0.15, 0.2) is 0 Å². The number of hydrogen-bond donors (Lipinski definition) is 4. The number of carbonyl (C=O) groups excluding carboxylic acids is 3. The van der Waals surface area contributed by atoms with Gasteiger partial charge in [0.2, 0.25) is 17.7 Å². The molecular formula is C35H58N6O4. The zero-order valence-electron chi connectivity index (χ0n) is 29.5. The summed E-state index contributed by atoms with van der Waals surface area (Å²) in [6, 6.07) is 7.57. The van der Waals surface area contributed by atoms with E-state index in [1.54, 1.807) is 38.9 Å². The maximum atomic E-state index is 13.7. The van der Waals surface area contributed by atoms with Gasteiger partial charge in [0.05, 0.1) is 42.2 Å². The molecule has 0 unspecified atom stereocenters. The van der Waals surface area contributed by atoms with Crippen LogP contribution in [0.5, 0.6) is 0 Å². The van der Waals surface area contributed by atoms with E-state index in [1.165, 1.54) is 5.01 Å². The molecule has 1 heterocycles. The van der Waals surface area contributed by atoms with Gasteiger partial charge in [0.25, 0.3) is 0 Å². The summed E-state index contributed by atoms with van der Waals surface area (Å²) in [5, 5.41) is 6.82. The molecule has 0 fully saturated rings. The SMILES string of the molecule is C=CC1=C(\C=C/C)N(C(=O)CNC(=O)C(C)(C)CCOC(C)(C)CC(=O)NC)Cc2ccccc2/C(N)=C\1N(C)N.CC.CC. The summed E-state index contributed by atoms with van der Waals surface area (Å²) in [4.78, 5) is 40.3. The van der Waals surface area contributed by atoms with Crippen LogP contribution in [0.2, 0.25) is 0 Å². The molecular weight excluding hydrogens is 568 g/mol. The van der Waals surface area contributed by atoms with Crippen molar-refractivity contribution in [2.75, 3.05) is 27.2 Å². The van der Waals surface area contributed by atoms with Gasteiger partial charge < -0.3 is 31.0 Å². The quantitative estimate of drug-likeness (QED) is 0.189. The van der Waals surface area contributed by atoms with Crippen LogP contribution in [0.1, 0.15) is 86.3 Å². The standard InChI is InChI=1S/C31H46N6O4.2C2H6/c1-9-13-24-22(10-2)28(36(8)33)27(32)23-15-12-11-14-21(23)20-37(24)26(39)19-35-29(40)30(3,4)16-17-41-31(5,6)18-25(38)34-7;2*1-2/h9-15H,2,16-20,32-33H2,1,3-8H3,(H,34,38)(H,35,40);2*1-2H3/b13-9-,24-22-,28-27-;;. The number of rotatable bonds is 12. The molecule has 10 heteroatoms. The number of likely N-dealkylation sites (N-methyl/N-ethyl adjacent to an activating group) is 1. The van der Waals surface area contributed by atoms with Crippen molar-refractivity contribution in [3.8, 4) is 0 Å². The molecule has 0 aromatic heterocycles. The number of nitrogens with zero attached hydrogens (tertiary/aromatic N) is 2. The Morgan fingerprint density at radius 3 is 2.24 bits per heavy atom. The smallest absolute Gasteiger partial charge is 0.246 e. The van der Waals surface area contributed by atoms with Crippen molar-refractivity contribution in [2.24, 2.45) is 17.0 Å². The number of hydrogen-bond acceptors (Lipinski definition) is 7. The van der Waals surface area contributed by atoms with Gasteiger partial charge in [-0.2, -0.15) is 0 Å². The Hall–Kier alpha value is -3.89.